The van der Waals surface area contributed by atoms with E-state index in [1.54, 1.807) is 19.1 Å². The predicted molar refractivity (Wildman–Crippen MR) is 112 cm³/mol. The first-order chi connectivity index (χ1) is 14.5. The number of amides is 2. The fourth-order valence-corrected chi connectivity index (χ4v) is 4.53. The third-order valence-corrected chi connectivity index (χ3v) is 6.04. The summed E-state index contributed by atoms with van der Waals surface area (Å²) in [6.45, 7) is 3.82. The molecule has 1 aliphatic heterocycles. The fourth-order valence-electron chi connectivity index (χ4n) is 4.53. The molecule has 0 unspecified atom stereocenters. The molecular weight excluding hydrogens is 378 g/mol. The van der Waals surface area contributed by atoms with Crippen molar-refractivity contribution in [2.24, 2.45) is 11.8 Å². The first kappa shape index (κ1) is 20.0. The highest BCUT2D eigenvalue weighted by Gasteiger charge is 2.48. The highest BCUT2D eigenvalue weighted by atomic mass is 16.5. The molecule has 1 fully saturated rings. The Morgan fingerprint density at radius 1 is 1.20 bits per heavy atom. The lowest BCUT2D eigenvalue weighted by molar-refractivity contribution is -0.117. The number of carbonyl (C=O) groups is 2. The molecule has 2 aliphatic rings. The molecule has 1 saturated carbocycles. The van der Waals surface area contributed by atoms with Gasteiger partial charge < -0.3 is 15.0 Å². The van der Waals surface area contributed by atoms with Crippen molar-refractivity contribution in [3.8, 4) is 6.07 Å². The molecule has 0 saturated heterocycles. The molecule has 4 rings (SSSR count). The maximum absolute atomic E-state index is 12.6. The molecule has 3 atom stereocenters. The average molecular weight is 403 g/mol. The molecule has 2 aromatic rings. The lowest BCUT2D eigenvalue weighted by atomic mass is 9.79. The largest absolute Gasteiger partial charge is 0.445 e. The van der Waals surface area contributed by atoms with Crippen LogP contribution in [0, 0.1) is 23.2 Å². The second kappa shape index (κ2) is 8.19. The van der Waals surface area contributed by atoms with Crippen LogP contribution < -0.4 is 10.2 Å². The van der Waals surface area contributed by atoms with Crippen LogP contribution in [0.15, 0.2) is 48.5 Å². The lowest BCUT2D eigenvalue weighted by Crippen LogP contribution is -2.53. The summed E-state index contributed by atoms with van der Waals surface area (Å²) in [6.07, 6.45) is 1.65. The molecule has 0 radical (unpaired) electrons. The number of carbonyl (C=O) groups excluding carboxylic acids is 2. The zero-order chi connectivity index (χ0) is 21.3. The predicted octanol–water partition coefficient (Wildman–Crippen LogP) is 4.31. The quantitative estimate of drug-likeness (QED) is 0.825. The second-order valence-electron chi connectivity index (χ2n) is 8.15. The summed E-state index contributed by atoms with van der Waals surface area (Å²) in [4.78, 5) is 27.0. The standard InChI is InChI=1S/C24H25N3O3/c1-15-22(26-24(29)30-14-17-6-4-3-5-7-17)20-12-18(13-25)8-11-21(20)27(16(2)28)23(15)19-9-10-19/h3-8,11-12,15,19,22-23H,9-10,14H2,1-2H3,(H,26,29)/t15-,22-,23-/m1/s1. The van der Waals surface area contributed by atoms with Crippen LogP contribution in [0.5, 0.6) is 0 Å². The van der Waals surface area contributed by atoms with Gasteiger partial charge in [0.15, 0.2) is 0 Å². The van der Waals surface area contributed by atoms with Crippen LogP contribution in [0.4, 0.5) is 10.5 Å². The number of nitrogens with one attached hydrogen (secondary N) is 1. The first-order valence-electron chi connectivity index (χ1n) is 10.3. The number of benzene rings is 2. The SMILES string of the molecule is CC(=O)N1c2ccc(C#N)cc2[C@H](NC(=O)OCc2ccccc2)[C@@H](C)[C@@H]1C1CC1. The first-order valence-corrected chi connectivity index (χ1v) is 10.3. The summed E-state index contributed by atoms with van der Waals surface area (Å²) in [5.41, 5.74) is 2.96. The van der Waals surface area contributed by atoms with Gasteiger partial charge in [0.05, 0.1) is 17.7 Å². The second-order valence-corrected chi connectivity index (χ2v) is 8.15. The van der Waals surface area contributed by atoms with E-state index in [1.807, 2.05) is 41.3 Å². The highest BCUT2D eigenvalue weighted by Crippen LogP contribution is 2.49. The van der Waals surface area contributed by atoms with Crippen LogP contribution in [0.3, 0.4) is 0 Å². The zero-order valence-electron chi connectivity index (χ0n) is 17.2. The van der Waals surface area contributed by atoms with Crippen molar-refractivity contribution in [2.45, 2.75) is 45.4 Å². The Labute approximate surface area is 176 Å². The van der Waals surface area contributed by atoms with Crippen molar-refractivity contribution in [1.29, 1.82) is 5.26 Å². The summed E-state index contributed by atoms with van der Waals surface area (Å²) in [7, 11) is 0. The monoisotopic (exact) mass is 403 g/mol. The Morgan fingerprint density at radius 3 is 2.57 bits per heavy atom. The van der Waals surface area contributed by atoms with E-state index < -0.39 is 6.09 Å². The Balaban J connectivity index is 1.62. The number of hydrogen-bond donors (Lipinski definition) is 1. The van der Waals surface area contributed by atoms with Crippen molar-refractivity contribution in [3.63, 3.8) is 0 Å². The number of alkyl carbamates (subject to hydrolysis) is 1. The molecule has 0 aromatic heterocycles. The lowest BCUT2D eigenvalue weighted by Gasteiger charge is -2.45. The molecule has 1 heterocycles. The van der Waals surface area contributed by atoms with Gasteiger partial charge in [0.25, 0.3) is 0 Å². The molecule has 1 aliphatic carbocycles. The summed E-state index contributed by atoms with van der Waals surface area (Å²) in [5.74, 6) is 0.402. The van der Waals surface area contributed by atoms with Crippen molar-refractivity contribution in [3.05, 3.63) is 65.2 Å². The van der Waals surface area contributed by atoms with Gasteiger partial charge in [0, 0.05) is 24.6 Å². The zero-order valence-corrected chi connectivity index (χ0v) is 17.2. The van der Waals surface area contributed by atoms with Gasteiger partial charge in [-0.3, -0.25) is 4.79 Å². The molecule has 0 bridgehead atoms. The number of anilines is 1. The van der Waals surface area contributed by atoms with Gasteiger partial charge in [0.2, 0.25) is 5.91 Å². The fraction of sp³-hybridized carbons (Fsp3) is 0.375. The maximum Gasteiger partial charge on any atom is 0.407 e. The molecule has 6 heteroatoms. The van der Waals surface area contributed by atoms with Gasteiger partial charge in [-0.1, -0.05) is 37.3 Å². The Morgan fingerprint density at radius 2 is 1.93 bits per heavy atom. The van der Waals surface area contributed by atoms with Crippen molar-refractivity contribution >= 4 is 17.7 Å². The van der Waals surface area contributed by atoms with Crippen molar-refractivity contribution < 1.29 is 14.3 Å². The van der Waals surface area contributed by atoms with Gasteiger partial charge in [-0.15, -0.1) is 0 Å². The minimum absolute atomic E-state index is 0.00730. The van der Waals surface area contributed by atoms with E-state index in [0.717, 1.165) is 29.7 Å². The van der Waals surface area contributed by atoms with Crippen LogP contribution in [0.1, 0.15) is 49.4 Å². The summed E-state index contributed by atoms with van der Waals surface area (Å²) < 4.78 is 5.44. The van der Waals surface area contributed by atoms with E-state index in [9.17, 15) is 14.9 Å². The van der Waals surface area contributed by atoms with Gasteiger partial charge >= 0.3 is 6.09 Å². The third kappa shape index (κ3) is 3.88. The number of fused-ring (bicyclic) bond motifs is 1. The summed E-state index contributed by atoms with van der Waals surface area (Å²) >= 11 is 0. The van der Waals surface area contributed by atoms with E-state index in [-0.39, 0.29) is 30.5 Å². The number of ether oxygens (including phenoxy) is 1. The van der Waals surface area contributed by atoms with Crippen LogP contribution in [-0.2, 0) is 16.1 Å². The Kier molecular flexibility index (Phi) is 5.45. The molecule has 1 N–H and O–H groups in total. The molecule has 0 spiro atoms. The summed E-state index contributed by atoms with van der Waals surface area (Å²) in [6, 6.07) is 16.7. The highest BCUT2D eigenvalue weighted by molar-refractivity contribution is 5.94. The van der Waals surface area contributed by atoms with Crippen molar-refractivity contribution in [1.82, 2.24) is 5.32 Å². The average Bonchev–Trinajstić information content (AvgIpc) is 3.59. The van der Waals surface area contributed by atoms with Crippen molar-refractivity contribution in [2.75, 3.05) is 4.90 Å². The normalized spacial score (nSPS) is 22.6. The minimum atomic E-state index is -0.505. The number of rotatable bonds is 4. The van der Waals surface area contributed by atoms with E-state index in [4.69, 9.17) is 4.74 Å². The minimum Gasteiger partial charge on any atom is -0.445 e. The van der Waals surface area contributed by atoms with Crippen LogP contribution in [0.2, 0.25) is 0 Å². The molecule has 2 amide bonds. The molecule has 154 valence electrons. The maximum atomic E-state index is 12.6. The van der Waals surface area contributed by atoms with Gasteiger partial charge in [-0.2, -0.15) is 5.26 Å². The summed E-state index contributed by atoms with van der Waals surface area (Å²) in [5, 5.41) is 12.4. The van der Waals surface area contributed by atoms with Crippen LogP contribution in [0.25, 0.3) is 0 Å². The topological polar surface area (TPSA) is 82.4 Å². The molecule has 30 heavy (non-hydrogen) atoms. The number of nitrogens with zero attached hydrogens (tertiary/aromatic N) is 2. The van der Waals surface area contributed by atoms with Gasteiger partial charge in [0.1, 0.15) is 6.61 Å². The smallest absolute Gasteiger partial charge is 0.407 e. The van der Waals surface area contributed by atoms with E-state index in [2.05, 4.69) is 18.3 Å². The van der Waals surface area contributed by atoms with Crippen LogP contribution >= 0.6 is 0 Å². The number of nitriles is 1. The Hall–Kier alpha value is -3.33. The Bertz CT molecular complexity index is 995. The van der Waals surface area contributed by atoms with E-state index in [0.29, 0.717) is 11.5 Å². The van der Waals surface area contributed by atoms with Gasteiger partial charge in [-0.05, 0) is 48.1 Å². The van der Waals surface area contributed by atoms with Gasteiger partial charge in [-0.25, -0.2) is 4.79 Å². The van der Waals surface area contributed by atoms with Crippen LogP contribution in [-0.4, -0.2) is 18.0 Å². The van der Waals surface area contributed by atoms with E-state index >= 15 is 0 Å². The molecular formula is C24H25N3O3. The molecule has 2 aromatic carbocycles. The third-order valence-electron chi connectivity index (χ3n) is 6.04. The van der Waals surface area contributed by atoms with E-state index in [1.165, 1.54) is 0 Å². The number of hydrogen-bond acceptors (Lipinski definition) is 4. The molecule has 6 nitrogen and oxygen atoms in total.